The molecule has 0 amide bonds. The molecule has 0 fully saturated rings. The van der Waals surface area contributed by atoms with Gasteiger partial charge in [-0.3, -0.25) is 0 Å². The van der Waals surface area contributed by atoms with E-state index >= 15 is 0 Å². The number of nitrogens with one attached hydrogen (secondary N) is 1. The monoisotopic (exact) mass is 188 g/mol. The van der Waals surface area contributed by atoms with Crippen LogP contribution in [0.3, 0.4) is 0 Å². The first-order valence-electron chi connectivity index (χ1n) is 5.19. The minimum atomic E-state index is 0.873. The Hall–Kier alpha value is -0.120. The minimum Gasteiger partial charge on any atom is -0.385 e. The number of nitrogens with zero attached hydrogens (tertiary/aromatic N) is 1. The summed E-state index contributed by atoms with van der Waals surface area (Å²) < 4.78 is 5.00. The first-order chi connectivity index (χ1) is 6.31. The summed E-state index contributed by atoms with van der Waals surface area (Å²) >= 11 is 0. The van der Waals surface area contributed by atoms with Crippen LogP contribution in [0.1, 0.15) is 19.8 Å². The van der Waals surface area contributed by atoms with Gasteiger partial charge in [-0.2, -0.15) is 0 Å². The van der Waals surface area contributed by atoms with Crippen LogP contribution in [0.25, 0.3) is 0 Å². The molecule has 1 N–H and O–H groups in total. The van der Waals surface area contributed by atoms with Crippen molar-refractivity contribution in [1.29, 1.82) is 0 Å². The van der Waals surface area contributed by atoms with Crippen molar-refractivity contribution in [2.75, 3.05) is 46.9 Å². The van der Waals surface area contributed by atoms with Crippen LogP contribution in [0.5, 0.6) is 0 Å². The predicted molar refractivity (Wildman–Crippen MR) is 57.2 cm³/mol. The molecule has 80 valence electrons. The Morgan fingerprint density at radius 3 is 2.54 bits per heavy atom. The van der Waals surface area contributed by atoms with Crippen molar-refractivity contribution in [3.05, 3.63) is 0 Å². The summed E-state index contributed by atoms with van der Waals surface area (Å²) in [6.45, 7) is 7.54. The Labute approximate surface area is 82.4 Å². The van der Waals surface area contributed by atoms with Crippen LogP contribution < -0.4 is 5.32 Å². The minimum absolute atomic E-state index is 0.873. The zero-order chi connectivity index (χ0) is 9.94. The Balaban J connectivity index is 3.05. The lowest BCUT2D eigenvalue weighted by Crippen LogP contribution is -2.25. The van der Waals surface area contributed by atoms with Crippen LogP contribution in [-0.2, 0) is 4.74 Å². The van der Waals surface area contributed by atoms with Gasteiger partial charge in [0.25, 0.3) is 0 Å². The second-order valence-corrected chi connectivity index (χ2v) is 3.36. The molecule has 0 spiro atoms. The molecule has 0 atom stereocenters. The van der Waals surface area contributed by atoms with Gasteiger partial charge in [0, 0.05) is 20.3 Å². The third kappa shape index (κ3) is 9.80. The molecule has 0 aliphatic rings. The number of hydrogen-bond donors (Lipinski definition) is 1. The van der Waals surface area contributed by atoms with Crippen LogP contribution in [0.4, 0.5) is 0 Å². The molecule has 3 heteroatoms. The fraction of sp³-hybridized carbons (Fsp3) is 1.00. The van der Waals surface area contributed by atoms with Gasteiger partial charge in [0.15, 0.2) is 0 Å². The number of methoxy groups -OCH3 is 1. The summed E-state index contributed by atoms with van der Waals surface area (Å²) in [6.07, 6.45) is 2.37. The van der Waals surface area contributed by atoms with Crippen LogP contribution in [0.2, 0.25) is 0 Å². The molecule has 0 aromatic heterocycles. The second-order valence-electron chi connectivity index (χ2n) is 3.36. The van der Waals surface area contributed by atoms with E-state index in [2.05, 4.69) is 24.2 Å². The fourth-order valence-corrected chi connectivity index (χ4v) is 1.24. The van der Waals surface area contributed by atoms with Gasteiger partial charge in [0.1, 0.15) is 0 Å². The first-order valence-corrected chi connectivity index (χ1v) is 5.19. The molecular formula is C10H24N2O. The third-order valence-electron chi connectivity index (χ3n) is 2.03. The molecule has 0 aromatic rings. The maximum absolute atomic E-state index is 5.00. The van der Waals surface area contributed by atoms with E-state index in [1.165, 1.54) is 13.0 Å². The average molecular weight is 188 g/mol. The summed E-state index contributed by atoms with van der Waals surface area (Å²) in [7, 11) is 3.92. The molecule has 0 aromatic carbocycles. The Morgan fingerprint density at radius 1 is 1.23 bits per heavy atom. The summed E-state index contributed by atoms with van der Waals surface area (Å²) in [5, 5.41) is 3.32. The van der Waals surface area contributed by atoms with E-state index in [1.807, 2.05) is 0 Å². The Bertz CT molecular complexity index is 98.9. The van der Waals surface area contributed by atoms with E-state index in [0.29, 0.717) is 0 Å². The quantitative estimate of drug-likeness (QED) is 0.545. The molecule has 3 nitrogen and oxygen atoms in total. The molecule has 0 rings (SSSR count). The maximum atomic E-state index is 5.00. The van der Waals surface area contributed by atoms with Crippen molar-refractivity contribution in [2.24, 2.45) is 0 Å². The highest BCUT2D eigenvalue weighted by molar-refractivity contribution is 4.53. The Morgan fingerprint density at radius 2 is 1.92 bits per heavy atom. The molecule has 0 unspecified atom stereocenters. The lowest BCUT2D eigenvalue weighted by molar-refractivity contribution is 0.179. The SMILES string of the molecule is CCNCCCN(C)CCCOC. The van der Waals surface area contributed by atoms with Gasteiger partial charge in [0.2, 0.25) is 0 Å². The third-order valence-corrected chi connectivity index (χ3v) is 2.03. The van der Waals surface area contributed by atoms with E-state index in [1.54, 1.807) is 7.11 Å². The van der Waals surface area contributed by atoms with Gasteiger partial charge in [-0.1, -0.05) is 6.92 Å². The van der Waals surface area contributed by atoms with Crippen molar-refractivity contribution in [1.82, 2.24) is 10.2 Å². The molecule has 0 heterocycles. The summed E-state index contributed by atoms with van der Waals surface area (Å²) in [4.78, 5) is 2.36. The van der Waals surface area contributed by atoms with Crippen molar-refractivity contribution in [3.63, 3.8) is 0 Å². The van der Waals surface area contributed by atoms with Gasteiger partial charge >= 0.3 is 0 Å². The molecule has 0 radical (unpaired) electrons. The highest BCUT2D eigenvalue weighted by Gasteiger charge is 1.96. The standard InChI is InChI=1S/C10H24N2O/c1-4-11-7-5-8-12(2)9-6-10-13-3/h11H,4-10H2,1-3H3. The normalized spacial score (nSPS) is 11.1. The highest BCUT2D eigenvalue weighted by atomic mass is 16.5. The van der Waals surface area contributed by atoms with E-state index < -0.39 is 0 Å². The van der Waals surface area contributed by atoms with E-state index in [-0.39, 0.29) is 0 Å². The first kappa shape index (κ1) is 12.9. The molecular weight excluding hydrogens is 164 g/mol. The largest absolute Gasteiger partial charge is 0.385 e. The summed E-state index contributed by atoms with van der Waals surface area (Å²) in [5.74, 6) is 0. The second kappa shape index (κ2) is 9.96. The Kier molecular flexibility index (Phi) is 9.87. The molecule has 13 heavy (non-hydrogen) atoms. The zero-order valence-electron chi connectivity index (χ0n) is 9.31. The average Bonchev–Trinajstić information content (AvgIpc) is 2.13. The lowest BCUT2D eigenvalue weighted by atomic mass is 10.3. The van der Waals surface area contributed by atoms with Gasteiger partial charge in [-0.05, 0) is 39.5 Å². The zero-order valence-corrected chi connectivity index (χ0v) is 9.31. The van der Waals surface area contributed by atoms with Gasteiger partial charge in [0.05, 0.1) is 0 Å². The molecule has 0 saturated heterocycles. The molecule has 0 aliphatic heterocycles. The molecule has 0 aliphatic carbocycles. The van der Waals surface area contributed by atoms with Crippen molar-refractivity contribution >= 4 is 0 Å². The van der Waals surface area contributed by atoms with Gasteiger partial charge < -0.3 is 15.0 Å². The van der Waals surface area contributed by atoms with Crippen LogP contribution >= 0.6 is 0 Å². The predicted octanol–water partition coefficient (Wildman–Crippen LogP) is 0.954. The van der Waals surface area contributed by atoms with Crippen molar-refractivity contribution in [2.45, 2.75) is 19.8 Å². The van der Waals surface area contributed by atoms with E-state index in [0.717, 1.165) is 32.7 Å². The number of hydrogen-bond acceptors (Lipinski definition) is 3. The highest BCUT2D eigenvalue weighted by Crippen LogP contribution is 1.89. The molecule has 0 saturated carbocycles. The van der Waals surface area contributed by atoms with Gasteiger partial charge in [-0.15, -0.1) is 0 Å². The van der Waals surface area contributed by atoms with Crippen molar-refractivity contribution < 1.29 is 4.74 Å². The van der Waals surface area contributed by atoms with Crippen LogP contribution in [0.15, 0.2) is 0 Å². The number of rotatable bonds is 9. The van der Waals surface area contributed by atoms with Crippen molar-refractivity contribution in [3.8, 4) is 0 Å². The fourth-order valence-electron chi connectivity index (χ4n) is 1.24. The topological polar surface area (TPSA) is 24.5 Å². The lowest BCUT2D eigenvalue weighted by Gasteiger charge is -2.15. The smallest absolute Gasteiger partial charge is 0.0474 e. The number of ether oxygens (including phenoxy) is 1. The molecule has 0 bridgehead atoms. The summed E-state index contributed by atoms with van der Waals surface area (Å²) in [6, 6.07) is 0. The maximum Gasteiger partial charge on any atom is 0.0474 e. The van der Waals surface area contributed by atoms with Gasteiger partial charge in [-0.25, -0.2) is 0 Å². The van der Waals surface area contributed by atoms with Crippen LogP contribution in [0, 0.1) is 0 Å². The summed E-state index contributed by atoms with van der Waals surface area (Å²) in [5.41, 5.74) is 0. The van der Waals surface area contributed by atoms with E-state index in [4.69, 9.17) is 4.74 Å². The van der Waals surface area contributed by atoms with Crippen LogP contribution in [-0.4, -0.2) is 51.8 Å². The van der Waals surface area contributed by atoms with E-state index in [9.17, 15) is 0 Å².